The molecule has 2 aromatic rings. The molecular formula is C13H10Cl2O4. The van der Waals surface area contributed by atoms with Crippen LogP contribution in [0.2, 0.25) is 10.0 Å². The first-order valence-electron chi connectivity index (χ1n) is 5.42. The van der Waals surface area contributed by atoms with Crippen molar-refractivity contribution in [3.05, 3.63) is 51.9 Å². The Morgan fingerprint density at radius 3 is 2.63 bits per heavy atom. The molecule has 0 amide bonds. The summed E-state index contributed by atoms with van der Waals surface area (Å²) in [6.07, 6.45) is -0.466. The third-order valence-corrected chi connectivity index (χ3v) is 2.97. The molecule has 1 N–H and O–H groups in total. The van der Waals surface area contributed by atoms with E-state index in [4.69, 9.17) is 37.5 Å². The third kappa shape index (κ3) is 3.22. The van der Waals surface area contributed by atoms with Gasteiger partial charge in [-0.15, -0.1) is 0 Å². The average Bonchev–Trinajstić information content (AvgIpc) is 2.82. The van der Waals surface area contributed by atoms with Gasteiger partial charge in [-0.3, -0.25) is 0 Å². The van der Waals surface area contributed by atoms with Gasteiger partial charge < -0.3 is 14.3 Å². The van der Waals surface area contributed by atoms with Gasteiger partial charge in [0, 0.05) is 5.02 Å². The molecule has 1 heterocycles. The average molecular weight is 301 g/mol. The largest absolute Gasteiger partial charge is 0.481 e. The predicted molar refractivity (Wildman–Crippen MR) is 71.2 cm³/mol. The van der Waals surface area contributed by atoms with Gasteiger partial charge in [-0.1, -0.05) is 23.2 Å². The topological polar surface area (TPSA) is 59.7 Å². The van der Waals surface area contributed by atoms with Crippen LogP contribution in [0.4, 0.5) is 0 Å². The Kier molecular flexibility index (Phi) is 4.02. The number of carbonyl (C=O) groups is 1. The van der Waals surface area contributed by atoms with E-state index in [1.807, 2.05) is 0 Å². The zero-order chi connectivity index (χ0) is 14.0. The second kappa shape index (κ2) is 5.55. The Bertz CT molecular complexity index is 606. The van der Waals surface area contributed by atoms with E-state index in [0.717, 1.165) is 0 Å². The summed E-state index contributed by atoms with van der Waals surface area (Å²) in [5, 5.41) is 9.66. The molecule has 4 nitrogen and oxygen atoms in total. The van der Waals surface area contributed by atoms with Gasteiger partial charge in [0.15, 0.2) is 6.10 Å². The van der Waals surface area contributed by atoms with Gasteiger partial charge in [-0.05, 0) is 37.3 Å². The first-order chi connectivity index (χ1) is 8.97. The van der Waals surface area contributed by atoms with Crippen LogP contribution in [-0.4, -0.2) is 11.1 Å². The summed E-state index contributed by atoms with van der Waals surface area (Å²) in [6.45, 7) is 1.73. The third-order valence-electron chi connectivity index (χ3n) is 2.44. The fourth-order valence-corrected chi connectivity index (χ4v) is 1.96. The maximum Gasteiger partial charge on any atom is 0.371 e. The molecule has 19 heavy (non-hydrogen) atoms. The molecule has 6 heteroatoms. The van der Waals surface area contributed by atoms with Gasteiger partial charge in [0.25, 0.3) is 0 Å². The molecule has 2 rings (SSSR count). The van der Waals surface area contributed by atoms with Crippen molar-refractivity contribution in [3.8, 4) is 5.75 Å². The van der Waals surface area contributed by atoms with E-state index < -0.39 is 12.1 Å². The normalized spacial score (nSPS) is 12.2. The number of halogens is 2. The van der Waals surface area contributed by atoms with Crippen LogP contribution in [0.5, 0.6) is 5.75 Å². The van der Waals surface area contributed by atoms with Crippen LogP contribution in [0, 0.1) is 0 Å². The Morgan fingerprint density at radius 2 is 2.05 bits per heavy atom. The first kappa shape index (κ1) is 13.8. The molecule has 0 bridgehead atoms. The van der Waals surface area contributed by atoms with Gasteiger partial charge in [0.05, 0.1) is 5.02 Å². The molecule has 0 saturated carbocycles. The van der Waals surface area contributed by atoms with E-state index in [-0.39, 0.29) is 5.76 Å². The minimum Gasteiger partial charge on any atom is -0.481 e. The Morgan fingerprint density at radius 1 is 1.32 bits per heavy atom. The molecule has 0 saturated heterocycles. The first-order valence-corrected chi connectivity index (χ1v) is 6.17. The molecule has 100 valence electrons. The number of hydrogen-bond acceptors (Lipinski definition) is 3. The Labute approximate surface area is 119 Å². The number of benzene rings is 1. The second-order valence-corrected chi connectivity index (χ2v) is 4.69. The highest BCUT2D eigenvalue weighted by Crippen LogP contribution is 2.31. The van der Waals surface area contributed by atoms with Crippen LogP contribution in [0.3, 0.4) is 0 Å². The lowest BCUT2D eigenvalue weighted by atomic mass is 10.3. The number of furan rings is 1. The SMILES string of the molecule is CC(Oc1ccc(Cl)cc1Cl)c1ccc(C(=O)O)o1. The lowest BCUT2D eigenvalue weighted by molar-refractivity contribution is 0.0655. The maximum absolute atomic E-state index is 10.7. The molecule has 0 aliphatic rings. The maximum atomic E-state index is 10.7. The number of rotatable bonds is 4. The van der Waals surface area contributed by atoms with E-state index >= 15 is 0 Å². The number of carboxylic acid groups (broad SMARTS) is 1. The molecule has 1 aromatic heterocycles. The summed E-state index contributed by atoms with van der Waals surface area (Å²) in [5.41, 5.74) is 0. The Balaban J connectivity index is 2.15. The zero-order valence-electron chi connectivity index (χ0n) is 9.89. The fraction of sp³-hybridized carbons (Fsp3) is 0.154. The van der Waals surface area contributed by atoms with Gasteiger partial charge in [-0.2, -0.15) is 0 Å². The molecule has 0 aliphatic heterocycles. The summed E-state index contributed by atoms with van der Waals surface area (Å²) >= 11 is 11.8. The van der Waals surface area contributed by atoms with E-state index in [9.17, 15) is 4.79 Å². The van der Waals surface area contributed by atoms with E-state index in [2.05, 4.69) is 0 Å². The summed E-state index contributed by atoms with van der Waals surface area (Å²) in [6, 6.07) is 7.79. The van der Waals surface area contributed by atoms with Gasteiger partial charge in [0.2, 0.25) is 5.76 Å². The lowest BCUT2D eigenvalue weighted by Crippen LogP contribution is -2.02. The van der Waals surface area contributed by atoms with Gasteiger partial charge >= 0.3 is 5.97 Å². The number of carboxylic acids is 1. The van der Waals surface area contributed by atoms with Crippen molar-refractivity contribution in [1.82, 2.24) is 0 Å². The molecule has 0 aliphatic carbocycles. The van der Waals surface area contributed by atoms with Crippen molar-refractivity contribution < 1.29 is 19.1 Å². The minimum atomic E-state index is -1.12. The highest BCUT2D eigenvalue weighted by molar-refractivity contribution is 6.35. The summed E-state index contributed by atoms with van der Waals surface area (Å²) < 4.78 is 10.8. The molecule has 0 fully saturated rings. The fourth-order valence-electron chi connectivity index (χ4n) is 1.51. The minimum absolute atomic E-state index is 0.132. The van der Waals surface area contributed by atoms with Gasteiger partial charge in [0.1, 0.15) is 11.5 Å². The number of aromatic carboxylic acids is 1. The number of hydrogen-bond donors (Lipinski definition) is 1. The van der Waals surface area contributed by atoms with Crippen molar-refractivity contribution in [2.45, 2.75) is 13.0 Å². The van der Waals surface area contributed by atoms with Crippen LogP contribution < -0.4 is 4.74 Å². The monoisotopic (exact) mass is 300 g/mol. The van der Waals surface area contributed by atoms with Crippen LogP contribution >= 0.6 is 23.2 Å². The summed E-state index contributed by atoms with van der Waals surface area (Å²) in [5.74, 6) is -0.397. The van der Waals surface area contributed by atoms with Crippen LogP contribution in [0.15, 0.2) is 34.7 Å². The van der Waals surface area contributed by atoms with Crippen LogP contribution in [0.1, 0.15) is 29.3 Å². The number of ether oxygens (including phenoxy) is 1. The molecule has 0 spiro atoms. The quantitative estimate of drug-likeness (QED) is 0.907. The van der Waals surface area contributed by atoms with Crippen molar-refractivity contribution >= 4 is 29.2 Å². The zero-order valence-corrected chi connectivity index (χ0v) is 11.4. The van der Waals surface area contributed by atoms with E-state index in [0.29, 0.717) is 21.6 Å². The predicted octanol–water partition coefficient (Wildman–Crippen LogP) is 4.42. The van der Waals surface area contributed by atoms with Crippen molar-refractivity contribution in [3.63, 3.8) is 0 Å². The van der Waals surface area contributed by atoms with Crippen LogP contribution in [-0.2, 0) is 0 Å². The molecule has 0 radical (unpaired) electrons. The lowest BCUT2D eigenvalue weighted by Gasteiger charge is -2.13. The van der Waals surface area contributed by atoms with Crippen LogP contribution in [0.25, 0.3) is 0 Å². The highest BCUT2D eigenvalue weighted by Gasteiger charge is 2.16. The molecule has 1 aromatic carbocycles. The summed E-state index contributed by atoms with van der Waals surface area (Å²) in [7, 11) is 0. The highest BCUT2D eigenvalue weighted by atomic mass is 35.5. The van der Waals surface area contributed by atoms with Crippen molar-refractivity contribution in [2.75, 3.05) is 0 Å². The molecule has 1 atom stereocenters. The van der Waals surface area contributed by atoms with E-state index in [1.54, 1.807) is 31.2 Å². The van der Waals surface area contributed by atoms with Gasteiger partial charge in [-0.25, -0.2) is 4.79 Å². The smallest absolute Gasteiger partial charge is 0.371 e. The standard InChI is InChI=1S/C13H10Cl2O4/c1-7(10-4-5-12(19-10)13(16)17)18-11-3-2-8(14)6-9(11)15/h2-7H,1H3,(H,16,17). The van der Waals surface area contributed by atoms with Crippen molar-refractivity contribution in [2.24, 2.45) is 0 Å². The summed E-state index contributed by atoms with van der Waals surface area (Å²) in [4.78, 5) is 10.7. The van der Waals surface area contributed by atoms with Crippen molar-refractivity contribution in [1.29, 1.82) is 0 Å². The molecule has 1 unspecified atom stereocenters. The second-order valence-electron chi connectivity index (χ2n) is 3.84. The Hall–Kier alpha value is -1.65. The molecular weight excluding hydrogens is 291 g/mol. The van der Waals surface area contributed by atoms with E-state index in [1.165, 1.54) is 6.07 Å².